The number of rotatable bonds is 4. The second-order valence-electron chi connectivity index (χ2n) is 6.04. The number of aromatic nitrogens is 3. The molecule has 0 saturated carbocycles. The third-order valence-corrected chi connectivity index (χ3v) is 5.40. The van der Waals surface area contributed by atoms with Crippen LogP contribution in [-0.2, 0) is 0 Å². The predicted octanol–water partition coefficient (Wildman–Crippen LogP) is 1.08. The van der Waals surface area contributed by atoms with Crippen molar-refractivity contribution in [2.45, 2.75) is 55.5 Å². The van der Waals surface area contributed by atoms with Crippen LogP contribution >= 0.6 is 11.8 Å². The molecule has 120 valence electrons. The Kier molecular flexibility index (Phi) is 4.56. The maximum Gasteiger partial charge on any atom is 0.376 e. The van der Waals surface area contributed by atoms with E-state index < -0.39 is 13.2 Å². The Hall–Kier alpha value is -0.925. The van der Waals surface area contributed by atoms with E-state index in [0.717, 1.165) is 12.8 Å². The Morgan fingerprint density at radius 3 is 2.82 bits per heavy atom. The summed E-state index contributed by atoms with van der Waals surface area (Å²) in [7, 11) is 1.25. The molecule has 4 atom stereocenters. The molecule has 0 aromatic carbocycles. The molecule has 3 rings (SSSR count). The lowest BCUT2D eigenvalue weighted by Crippen LogP contribution is -2.60. The highest BCUT2D eigenvalue weighted by Gasteiger charge is 2.51. The van der Waals surface area contributed by atoms with Gasteiger partial charge in [0.05, 0.1) is 12.2 Å². The molecule has 2 aliphatic heterocycles. The number of halogens is 1. The molecule has 6 nitrogen and oxygen atoms in total. The number of anilines is 1. The topological polar surface area (TPSA) is 65.4 Å². The van der Waals surface area contributed by atoms with Crippen LogP contribution in [0.4, 0.5) is 10.2 Å². The fourth-order valence-corrected chi connectivity index (χ4v) is 4.08. The average Bonchev–Trinajstić information content (AvgIpc) is 2.88. The number of hydrogen-bond donors (Lipinski definition) is 1. The highest BCUT2D eigenvalue weighted by atomic mass is 32.2. The number of hydrogen-bond acceptors (Lipinski definition) is 7. The first-order valence-electron chi connectivity index (χ1n) is 7.59. The molecule has 0 amide bonds. The van der Waals surface area contributed by atoms with Gasteiger partial charge in [0.15, 0.2) is 5.82 Å². The van der Waals surface area contributed by atoms with E-state index in [4.69, 9.17) is 0 Å². The van der Waals surface area contributed by atoms with Gasteiger partial charge in [0, 0.05) is 19.1 Å². The van der Waals surface area contributed by atoms with Crippen molar-refractivity contribution < 1.29 is 9.41 Å². The van der Waals surface area contributed by atoms with Crippen molar-refractivity contribution in [3.8, 4) is 0 Å². The van der Waals surface area contributed by atoms with Crippen LogP contribution in [0.3, 0.4) is 0 Å². The zero-order chi connectivity index (χ0) is 15.9. The van der Waals surface area contributed by atoms with Crippen LogP contribution in [0.5, 0.6) is 0 Å². The standard InChI is InChI=1S/C13H21BFN5OS/c1-14(21)20-8-4-5-9(20)12(15)10(6-8)19(2)11-7-16-13(22-3)18-17-11/h7-10,12,21H,4-6H2,1-3H3/t8-,9+,10-,12+/m0/s1. The Balaban J connectivity index is 1.77. The van der Waals surface area contributed by atoms with Crippen molar-refractivity contribution in [2.24, 2.45) is 0 Å². The van der Waals surface area contributed by atoms with E-state index in [0.29, 0.717) is 17.4 Å². The summed E-state index contributed by atoms with van der Waals surface area (Å²) in [4.78, 5) is 7.98. The van der Waals surface area contributed by atoms with Gasteiger partial charge in [0.25, 0.3) is 0 Å². The van der Waals surface area contributed by atoms with Crippen LogP contribution in [0, 0.1) is 0 Å². The first-order valence-corrected chi connectivity index (χ1v) is 8.81. The van der Waals surface area contributed by atoms with E-state index in [-0.39, 0.29) is 18.1 Å². The number of fused-ring (bicyclic) bond motifs is 2. The van der Waals surface area contributed by atoms with Crippen LogP contribution in [0.25, 0.3) is 0 Å². The van der Waals surface area contributed by atoms with Crippen molar-refractivity contribution in [3.05, 3.63) is 6.20 Å². The van der Waals surface area contributed by atoms with Gasteiger partial charge in [-0.3, -0.25) is 0 Å². The van der Waals surface area contributed by atoms with E-state index in [1.807, 2.05) is 23.0 Å². The van der Waals surface area contributed by atoms with E-state index in [1.54, 1.807) is 13.0 Å². The normalized spacial score (nSPS) is 31.3. The summed E-state index contributed by atoms with van der Waals surface area (Å²) in [5.74, 6) is 0.593. The van der Waals surface area contributed by atoms with Crippen molar-refractivity contribution in [3.63, 3.8) is 0 Å². The summed E-state index contributed by atoms with van der Waals surface area (Å²) >= 11 is 1.43. The monoisotopic (exact) mass is 325 g/mol. The van der Waals surface area contributed by atoms with Gasteiger partial charge in [-0.1, -0.05) is 11.8 Å². The fraction of sp³-hybridized carbons (Fsp3) is 0.769. The second kappa shape index (κ2) is 6.29. The van der Waals surface area contributed by atoms with Crippen molar-refractivity contribution >= 4 is 24.6 Å². The van der Waals surface area contributed by atoms with Gasteiger partial charge in [-0.25, -0.2) is 9.37 Å². The van der Waals surface area contributed by atoms with E-state index in [9.17, 15) is 9.41 Å². The van der Waals surface area contributed by atoms with Gasteiger partial charge < -0.3 is 14.7 Å². The third-order valence-electron chi connectivity index (χ3n) is 4.85. The molecular formula is C13H21BFN5OS. The van der Waals surface area contributed by atoms with Crippen molar-refractivity contribution in [1.29, 1.82) is 0 Å². The molecule has 0 unspecified atom stereocenters. The minimum atomic E-state index is -1.01. The summed E-state index contributed by atoms with van der Waals surface area (Å²) in [6.07, 6.45) is 4.95. The summed E-state index contributed by atoms with van der Waals surface area (Å²) in [5, 5.41) is 18.7. The number of piperidine rings is 1. The third kappa shape index (κ3) is 2.70. The lowest BCUT2D eigenvalue weighted by atomic mass is 9.78. The lowest BCUT2D eigenvalue weighted by Gasteiger charge is -2.45. The maximum absolute atomic E-state index is 15.0. The predicted molar refractivity (Wildman–Crippen MR) is 85.8 cm³/mol. The van der Waals surface area contributed by atoms with Crippen LogP contribution in [-0.4, -0.2) is 69.7 Å². The van der Waals surface area contributed by atoms with Gasteiger partial charge >= 0.3 is 7.05 Å². The largest absolute Gasteiger partial charge is 0.437 e. The molecule has 0 radical (unpaired) electrons. The lowest BCUT2D eigenvalue weighted by molar-refractivity contribution is 0.0962. The van der Waals surface area contributed by atoms with E-state index in [1.165, 1.54) is 11.8 Å². The Bertz CT molecular complexity index is 522. The van der Waals surface area contributed by atoms with Gasteiger partial charge in [-0.2, -0.15) is 0 Å². The molecule has 22 heavy (non-hydrogen) atoms. The highest BCUT2D eigenvalue weighted by Crippen LogP contribution is 2.40. The van der Waals surface area contributed by atoms with E-state index >= 15 is 0 Å². The number of thioether (sulfide) groups is 1. The van der Waals surface area contributed by atoms with Crippen LogP contribution in [0.15, 0.2) is 11.4 Å². The smallest absolute Gasteiger partial charge is 0.376 e. The van der Waals surface area contributed by atoms with Gasteiger partial charge in [-0.05, 0) is 32.3 Å². The van der Waals surface area contributed by atoms with E-state index in [2.05, 4.69) is 15.2 Å². The van der Waals surface area contributed by atoms with Gasteiger partial charge in [0.1, 0.15) is 6.17 Å². The molecule has 1 aromatic heterocycles. The molecule has 2 bridgehead atoms. The molecule has 2 aliphatic rings. The van der Waals surface area contributed by atoms with Gasteiger partial charge in [-0.15, -0.1) is 10.2 Å². The van der Waals surface area contributed by atoms with Crippen LogP contribution in [0.2, 0.25) is 6.82 Å². The molecular weight excluding hydrogens is 304 g/mol. The second-order valence-corrected chi connectivity index (χ2v) is 6.81. The Morgan fingerprint density at radius 2 is 2.23 bits per heavy atom. The molecule has 2 saturated heterocycles. The SMILES string of the molecule is CSc1ncc(N(C)[C@H]2C[C@@H]3CC[C@H]([C@H]2F)N3B(C)O)nn1. The first-order chi connectivity index (χ1) is 10.5. The molecule has 1 N–H and O–H groups in total. The molecule has 3 heterocycles. The quantitative estimate of drug-likeness (QED) is 0.656. The molecule has 1 aromatic rings. The fourth-order valence-electron chi connectivity index (χ4n) is 3.80. The summed E-state index contributed by atoms with van der Waals surface area (Å²) < 4.78 is 15.0. The van der Waals surface area contributed by atoms with Crippen molar-refractivity contribution in [2.75, 3.05) is 18.2 Å². The Morgan fingerprint density at radius 1 is 1.45 bits per heavy atom. The van der Waals surface area contributed by atoms with Crippen molar-refractivity contribution in [1.82, 2.24) is 20.0 Å². The molecule has 9 heteroatoms. The molecule has 0 spiro atoms. The highest BCUT2D eigenvalue weighted by molar-refractivity contribution is 7.98. The first kappa shape index (κ1) is 16.0. The molecule has 2 fully saturated rings. The van der Waals surface area contributed by atoms with Crippen LogP contribution in [0.1, 0.15) is 19.3 Å². The maximum atomic E-state index is 15.0. The zero-order valence-corrected chi connectivity index (χ0v) is 13.9. The zero-order valence-electron chi connectivity index (χ0n) is 13.1. The van der Waals surface area contributed by atoms with Gasteiger partial charge in [0.2, 0.25) is 5.16 Å². The average molecular weight is 325 g/mol. The minimum Gasteiger partial charge on any atom is -0.437 e. The Labute approximate surface area is 134 Å². The minimum absolute atomic E-state index is 0.211. The number of nitrogens with zero attached hydrogens (tertiary/aromatic N) is 5. The summed E-state index contributed by atoms with van der Waals surface area (Å²) in [6, 6.07) is -0.225. The summed E-state index contributed by atoms with van der Waals surface area (Å²) in [6.45, 7) is 1.72. The summed E-state index contributed by atoms with van der Waals surface area (Å²) in [5.41, 5.74) is 0. The number of alkyl halides is 1. The van der Waals surface area contributed by atoms with Crippen LogP contribution < -0.4 is 4.90 Å². The molecule has 0 aliphatic carbocycles.